The molecule has 1 N–H and O–H groups in total. The smallest absolute Gasteiger partial charge is 0.254 e. The van der Waals surface area contributed by atoms with Crippen LogP contribution in [-0.4, -0.2) is 49.1 Å². The Kier molecular flexibility index (Phi) is 5.76. The zero-order valence-electron chi connectivity index (χ0n) is 16.0. The topological polar surface area (TPSA) is 67.9 Å². The van der Waals surface area contributed by atoms with Crippen molar-refractivity contribution in [1.29, 1.82) is 0 Å². The molecule has 1 aliphatic heterocycles. The molecule has 4 rings (SSSR count). The largest absolute Gasteiger partial charge is 0.487 e. The zero-order chi connectivity index (χ0) is 20.2. The highest BCUT2D eigenvalue weighted by Gasteiger charge is 2.25. The second-order valence-corrected chi connectivity index (χ2v) is 7.21. The van der Waals surface area contributed by atoms with Gasteiger partial charge in [-0.05, 0) is 43.2 Å². The van der Waals surface area contributed by atoms with Crippen LogP contribution in [0.15, 0.2) is 42.5 Å². The van der Waals surface area contributed by atoms with Crippen molar-refractivity contribution in [2.24, 2.45) is 0 Å². The van der Waals surface area contributed by atoms with E-state index in [4.69, 9.17) is 9.47 Å². The highest BCUT2D eigenvalue weighted by molar-refractivity contribution is 5.97. The number of nitrogens with one attached hydrogen (secondary N) is 1. The Labute approximate surface area is 168 Å². The Morgan fingerprint density at radius 1 is 1.07 bits per heavy atom. The van der Waals surface area contributed by atoms with Crippen molar-refractivity contribution in [2.45, 2.75) is 25.5 Å². The monoisotopic (exact) mass is 398 g/mol. The van der Waals surface area contributed by atoms with Crippen LogP contribution in [0.3, 0.4) is 0 Å². The van der Waals surface area contributed by atoms with Gasteiger partial charge in [-0.25, -0.2) is 4.39 Å². The third kappa shape index (κ3) is 4.74. The van der Waals surface area contributed by atoms with Crippen molar-refractivity contribution >= 4 is 11.8 Å². The van der Waals surface area contributed by atoms with Gasteiger partial charge in [-0.1, -0.05) is 12.1 Å². The number of amides is 2. The van der Waals surface area contributed by atoms with Gasteiger partial charge in [0.05, 0.1) is 19.3 Å². The van der Waals surface area contributed by atoms with Crippen LogP contribution >= 0.6 is 0 Å². The van der Waals surface area contributed by atoms with Crippen LogP contribution in [0, 0.1) is 5.82 Å². The predicted octanol–water partition coefficient (Wildman–Crippen LogP) is 2.77. The highest BCUT2D eigenvalue weighted by Crippen LogP contribution is 2.29. The van der Waals surface area contributed by atoms with Crippen molar-refractivity contribution in [3.05, 3.63) is 65.0 Å². The molecule has 1 aliphatic carbocycles. The third-order valence-corrected chi connectivity index (χ3v) is 4.99. The van der Waals surface area contributed by atoms with Crippen molar-refractivity contribution in [3.63, 3.8) is 0 Å². The van der Waals surface area contributed by atoms with E-state index in [1.807, 2.05) is 0 Å². The van der Waals surface area contributed by atoms with Gasteiger partial charge < -0.3 is 19.7 Å². The molecular formula is C22H23FN2O4. The molecule has 0 aromatic heterocycles. The van der Waals surface area contributed by atoms with Crippen molar-refractivity contribution in [3.8, 4) is 5.75 Å². The summed E-state index contributed by atoms with van der Waals surface area (Å²) in [4.78, 5) is 26.6. The van der Waals surface area contributed by atoms with E-state index in [1.165, 1.54) is 0 Å². The second-order valence-electron chi connectivity index (χ2n) is 7.21. The molecule has 7 heteroatoms. The van der Waals surface area contributed by atoms with Gasteiger partial charge in [0.25, 0.3) is 11.8 Å². The lowest BCUT2D eigenvalue weighted by Crippen LogP contribution is -2.40. The number of ether oxygens (including phenoxy) is 2. The van der Waals surface area contributed by atoms with Gasteiger partial charge in [-0.2, -0.15) is 0 Å². The first-order chi connectivity index (χ1) is 14.1. The zero-order valence-corrected chi connectivity index (χ0v) is 16.0. The normalized spacial score (nSPS) is 16.4. The molecule has 2 aromatic rings. The molecule has 1 heterocycles. The molecule has 2 aliphatic rings. The molecule has 1 saturated carbocycles. The van der Waals surface area contributed by atoms with E-state index in [1.54, 1.807) is 47.4 Å². The lowest BCUT2D eigenvalue weighted by atomic mass is 10.1. The SMILES string of the molecule is O=C(NCc1cccc(OC2CC2)c1F)c1ccc(C(=O)N2CCOCC2)cc1. The van der Waals surface area contributed by atoms with Crippen LogP contribution in [0.25, 0.3) is 0 Å². The Morgan fingerprint density at radius 3 is 2.45 bits per heavy atom. The fraction of sp³-hybridized carbons (Fsp3) is 0.364. The molecule has 2 amide bonds. The minimum Gasteiger partial charge on any atom is -0.487 e. The molecule has 1 saturated heterocycles. The average molecular weight is 398 g/mol. The summed E-state index contributed by atoms with van der Waals surface area (Å²) >= 11 is 0. The minimum absolute atomic E-state index is 0.0565. The number of carbonyl (C=O) groups excluding carboxylic acids is 2. The summed E-state index contributed by atoms with van der Waals surface area (Å²) in [7, 11) is 0. The number of halogens is 1. The van der Waals surface area contributed by atoms with Crippen molar-refractivity contribution in [2.75, 3.05) is 26.3 Å². The van der Waals surface area contributed by atoms with Gasteiger partial charge in [0.1, 0.15) is 0 Å². The number of hydrogen-bond acceptors (Lipinski definition) is 4. The average Bonchev–Trinajstić information content (AvgIpc) is 3.58. The Morgan fingerprint density at radius 2 is 1.76 bits per heavy atom. The molecule has 2 fully saturated rings. The van der Waals surface area contributed by atoms with Crippen LogP contribution < -0.4 is 10.1 Å². The molecule has 6 nitrogen and oxygen atoms in total. The fourth-order valence-electron chi connectivity index (χ4n) is 3.14. The molecule has 0 spiro atoms. The van der Waals surface area contributed by atoms with E-state index in [2.05, 4.69) is 5.32 Å². The van der Waals surface area contributed by atoms with Gasteiger partial charge >= 0.3 is 0 Å². The molecule has 152 valence electrons. The van der Waals surface area contributed by atoms with E-state index in [0.717, 1.165) is 12.8 Å². The summed E-state index contributed by atoms with van der Waals surface area (Å²) in [6.07, 6.45) is 2.00. The van der Waals surface area contributed by atoms with E-state index < -0.39 is 5.82 Å². The number of morpholine rings is 1. The second kappa shape index (κ2) is 8.61. The minimum atomic E-state index is -0.439. The third-order valence-electron chi connectivity index (χ3n) is 4.99. The maximum Gasteiger partial charge on any atom is 0.254 e. The van der Waals surface area contributed by atoms with Crippen LogP contribution in [0.2, 0.25) is 0 Å². The Bertz CT molecular complexity index is 890. The van der Waals surface area contributed by atoms with Gasteiger partial charge in [0.15, 0.2) is 11.6 Å². The van der Waals surface area contributed by atoms with Crippen molar-refractivity contribution < 1.29 is 23.5 Å². The Balaban J connectivity index is 1.35. The first-order valence-electron chi connectivity index (χ1n) is 9.81. The lowest BCUT2D eigenvalue weighted by Gasteiger charge is -2.26. The van der Waals surface area contributed by atoms with Crippen molar-refractivity contribution in [1.82, 2.24) is 10.2 Å². The summed E-state index contributed by atoms with van der Waals surface area (Å²) in [6.45, 7) is 2.26. The summed E-state index contributed by atoms with van der Waals surface area (Å²) in [5.41, 5.74) is 1.31. The molecule has 29 heavy (non-hydrogen) atoms. The quantitative estimate of drug-likeness (QED) is 0.813. The van der Waals surface area contributed by atoms with Gasteiger partial charge in [0, 0.05) is 36.3 Å². The van der Waals surface area contributed by atoms with E-state index in [-0.39, 0.29) is 30.2 Å². The van der Waals surface area contributed by atoms with E-state index in [9.17, 15) is 14.0 Å². The first kappa shape index (κ1) is 19.4. The van der Waals surface area contributed by atoms with Crippen LogP contribution in [0.5, 0.6) is 5.75 Å². The van der Waals surface area contributed by atoms with Crippen LogP contribution in [0.4, 0.5) is 4.39 Å². The molecule has 0 radical (unpaired) electrons. The summed E-state index contributed by atoms with van der Waals surface area (Å²) in [6, 6.07) is 11.4. The maximum atomic E-state index is 14.5. The lowest BCUT2D eigenvalue weighted by molar-refractivity contribution is 0.0303. The van der Waals surface area contributed by atoms with Crippen LogP contribution in [-0.2, 0) is 11.3 Å². The highest BCUT2D eigenvalue weighted by atomic mass is 19.1. The van der Waals surface area contributed by atoms with Crippen LogP contribution in [0.1, 0.15) is 39.1 Å². The summed E-state index contributed by atoms with van der Waals surface area (Å²) < 4.78 is 25.3. The fourth-order valence-corrected chi connectivity index (χ4v) is 3.14. The molecular weight excluding hydrogens is 375 g/mol. The predicted molar refractivity (Wildman–Crippen MR) is 104 cm³/mol. The molecule has 2 aromatic carbocycles. The summed E-state index contributed by atoms with van der Waals surface area (Å²) in [5, 5.41) is 2.72. The number of rotatable bonds is 6. The van der Waals surface area contributed by atoms with Gasteiger partial charge in [-0.3, -0.25) is 9.59 Å². The van der Waals surface area contributed by atoms with Gasteiger partial charge in [-0.15, -0.1) is 0 Å². The standard InChI is InChI=1S/C22H23FN2O4/c23-20-17(2-1-3-19(20)29-18-8-9-18)14-24-21(26)15-4-6-16(7-5-15)22(27)25-10-12-28-13-11-25/h1-7,18H,8-14H2,(H,24,26). The first-order valence-corrected chi connectivity index (χ1v) is 9.81. The maximum absolute atomic E-state index is 14.5. The summed E-state index contributed by atoms with van der Waals surface area (Å²) in [5.74, 6) is -0.616. The van der Waals surface area contributed by atoms with Gasteiger partial charge in [0.2, 0.25) is 0 Å². The Hall–Kier alpha value is -2.93. The molecule has 0 atom stereocenters. The number of benzene rings is 2. The van der Waals surface area contributed by atoms with E-state index >= 15 is 0 Å². The number of carbonyl (C=O) groups is 2. The molecule has 0 bridgehead atoms. The molecule has 0 unspecified atom stereocenters. The van der Waals surface area contributed by atoms with E-state index in [0.29, 0.717) is 43.0 Å². The number of nitrogens with zero attached hydrogens (tertiary/aromatic N) is 1. The number of hydrogen-bond donors (Lipinski definition) is 1.